The smallest absolute Gasteiger partial charge is 0.142 e. The van der Waals surface area contributed by atoms with Crippen LogP contribution in [0.25, 0.3) is 21.1 Å². The SMILES string of the molecule is OCc1cn(C[C@@H]2CCc3c(sc4ncnc(Nc5ccc6[nH]ncc6c5)c34)C2)nn1. The van der Waals surface area contributed by atoms with Crippen LogP contribution < -0.4 is 5.32 Å². The number of aromatic nitrogens is 7. The molecule has 0 saturated carbocycles. The summed E-state index contributed by atoms with van der Waals surface area (Å²) in [6.45, 7) is 0.731. The molecule has 1 aliphatic rings. The lowest BCUT2D eigenvalue weighted by Crippen LogP contribution is -2.18. The zero-order valence-corrected chi connectivity index (χ0v) is 17.4. The van der Waals surface area contributed by atoms with Gasteiger partial charge in [-0.2, -0.15) is 5.10 Å². The average molecular weight is 433 g/mol. The van der Waals surface area contributed by atoms with Crippen LogP contribution in [0.2, 0.25) is 0 Å². The number of nitrogens with zero attached hydrogens (tertiary/aromatic N) is 6. The van der Waals surface area contributed by atoms with Gasteiger partial charge in [0.1, 0.15) is 22.7 Å². The molecule has 156 valence electrons. The first-order valence-electron chi connectivity index (χ1n) is 10.2. The Morgan fingerprint density at radius 2 is 2.26 bits per heavy atom. The lowest BCUT2D eigenvalue weighted by molar-refractivity contribution is 0.276. The summed E-state index contributed by atoms with van der Waals surface area (Å²) in [5.41, 5.74) is 3.96. The number of hydrogen-bond acceptors (Lipinski definition) is 8. The van der Waals surface area contributed by atoms with E-state index in [0.29, 0.717) is 11.6 Å². The number of aryl methyl sites for hydroxylation is 1. The third kappa shape index (κ3) is 3.33. The van der Waals surface area contributed by atoms with E-state index in [1.807, 2.05) is 29.2 Å². The first kappa shape index (κ1) is 18.4. The van der Waals surface area contributed by atoms with Gasteiger partial charge >= 0.3 is 0 Å². The number of thiophene rings is 1. The third-order valence-corrected chi connectivity index (χ3v) is 7.01. The fourth-order valence-corrected chi connectivity index (χ4v) is 5.65. The van der Waals surface area contributed by atoms with Crippen LogP contribution in [0.5, 0.6) is 0 Å². The Balaban J connectivity index is 1.29. The Hall–Kier alpha value is -3.37. The van der Waals surface area contributed by atoms with Gasteiger partial charge in [-0.1, -0.05) is 5.21 Å². The number of aliphatic hydroxyl groups is 1. The molecular weight excluding hydrogens is 412 g/mol. The minimum atomic E-state index is -0.0763. The summed E-state index contributed by atoms with van der Waals surface area (Å²) in [5.74, 6) is 1.34. The molecule has 3 N–H and O–H groups in total. The third-order valence-electron chi connectivity index (χ3n) is 5.84. The Bertz CT molecular complexity index is 1390. The number of anilines is 2. The minimum Gasteiger partial charge on any atom is -0.390 e. The Morgan fingerprint density at radius 3 is 3.16 bits per heavy atom. The molecule has 10 heteroatoms. The van der Waals surface area contributed by atoms with E-state index in [9.17, 15) is 5.11 Å². The minimum absolute atomic E-state index is 0.0763. The van der Waals surface area contributed by atoms with Crippen molar-refractivity contribution in [3.05, 3.63) is 53.1 Å². The van der Waals surface area contributed by atoms with Crippen LogP contribution in [0.4, 0.5) is 11.5 Å². The van der Waals surface area contributed by atoms with E-state index < -0.39 is 0 Å². The number of fused-ring (bicyclic) bond motifs is 4. The second-order valence-electron chi connectivity index (χ2n) is 7.90. The molecule has 0 spiro atoms. The predicted octanol–water partition coefficient (Wildman–Crippen LogP) is 3.20. The van der Waals surface area contributed by atoms with Crippen molar-refractivity contribution in [1.29, 1.82) is 0 Å². The van der Waals surface area contributed by atoms with E-state index in [1.165, 1.54) is 10.4 Å². The lowest BCUT2D eigenvalue weighted by Gasteiger charge is -2.22. The van der Waals surface area contributed by atoms with Crippen LogP contribution in [0.3, 0.4) is 0 Å². The molecule has 0 aliphatic heterocycles. The molecule has 1 aromatic carbocycles. The highest BCUT2D eigenvalue weighted by Gasteiger charge is 2.26. The van der Waals surface area contributed by atoms with Crippen molar-refractivity contribution in [1.82, 2.24) is 35.2 Å². The number of hydrogen-bond donors (Lipinski definition) is 3. The van der Waals surface area contributed by atoms with Gasteiger partial charge in [-0.05, 0) is 48.9 Å². The number of H-pyrrole nitrogens is 1. The number of aliphatic hydroxyl groups excluding tert-OH is 1. The maximum atomic E-state index is 9.20. The van der Waals surface area contributed by atoms with Crippen LogP contribution in [-0.4, -0.2) is 40.3 Å². The van der Waals surface area contributed by atoms with Crippen LogP contribution >= 0.6 is 11.3 Å². The van der Waals surface area contributed by atoms with E-state index in [4.69, 9.17) is 0 Å². The second kappa shape index (κ2) is 7.40. The molecule has 31 heavy (non-hydrogen) atoms. The molecule has 0 amide bonds. The molecule has 6 rings (SSSR count). The van der Waals surface area contributed by atoms with Gasteiger partial charge < -0.3 is 10.4 Å². The zero-order chi connectivity index (χ0) is 20.8. The van der Waals surface area contributed by atoms with Crippen molar-refractivity contribution in [2.75, 3.05) is 5.32 Å². The highest BCUT2D eigenvalue weighted by molar-refractivity contribution is 7.19. The standard InChI is InChI=1S/C21H20N8OS/c30-10-15-9-29(28-26-15)8-12-1-3-16-18(5-12)31-21-19(16)20(22-11-23-21)25-14-2-4-17-13(6-14)7-24-27-17/h2,4,6-7,9,11-12,30H,1,3,5,8,10H2,(H,24,27)(H,22,23,25)/t12-/m1/s1. The van der Waals surface area contributed by atoms with Crippen molar-refractivity contribution < 1.29 is 5.11 Å². The second-order valence-corrected chi connectivity index (χ2v) is 8.99. The summed E-state index contributed by atoms with van der Waals surface area (Å²) in [5, 5.41) is 30.1. The Kier molecular flexibility index (Phi) is 4.39. The van der Waals surface area contributed by atoms with E-state index in [0.717, 1.165) is 58.4 Å². The molecular formula is C21H20N8OS. The Morgan fingerprint density at radius 1 is 1.29 bits per heavy atom. The van der Waals surface area contributed by atoms with E-state index in [2.05, 4.69) is 41.9 Å². The molecule has 4 heterocycles. The summed E-state index contributed by atoms with van der Waals surface area (Å²) in [7, 11) is 0. The number of benzene rings is 1. The summed E-state index contributed by atoms with van der Waals surface area (Å²) in [4.78, 5) is 11.5. The zero-order valence-electron chi connectivity index (χ0n) is 16.6. The fourth-order valence-electron chi connectivity index (χ4n) is 4.35. The Labute approximate surface area is 181 Å². The van der Waals surface area contributed by atoms with Gasteiger partial charge in [0, 0.05) is 22.5 Å². The first-order valence-corrected chi connectivity index (χ1v) is 11.0. The van der Waals surface area contributed by atoms with Gasteiger partial charge in [0.15, 0.2) is 0 Å². The van der Waals surface area contributed by atoms with Crippen LogP contribution in [0.1, 0.15) is 22.6 Å². The van der Waals surface area contributed by atoms with Crippen molar-refractivity contribution in [2.45, 2.75) is 32.4 Å². The van der Waals surface area contributed by atoms with Crippen molar-refractivity contribution in [3.63, 3.8) is 0 Å². The molecule has 9 nitrogen and oxygen atoms in total. The van der Waals surface area contributed by atoms with Gasteiger partial charge in [0.25, 0.3) is 0 Å². The summed E-state index contributed by atoms with van der Waals surface area (Å²) >= 11 is 1.76. The van der Waals surface area contributed by atoms with Gasteiger partial charge in [-0.25, -0.2) is 9.97 Å². The largest absolute Gasteiger partial charge is 0.390 e. The maximum absolute atomic E-state index is 9.20. The predicted molar refractivity (Wildman–Crippen MR) is 118 cm³/mol. The van der Waals surface area contributed by atoms with Crippen molar-refractivity contribution >= 4 is 44.0 Å². The van der Waals surface area contributed by atoms with Gasteiger partial charge in [0.2, 0.25) is 0 Å². The highest BCUT2D eigenvalue weighted by Crippen LogP contribution is 2.40. The molecule has 0 unspecified atom stereocenters. The van der Waals surface area contributed by atoms with Gasteiger partial charge in [-0.15, -0.1) is 16.4 Å². The first-order chi connectivity index (χ1) is 15.3. The number of aromatic amines is 1. The molecule has 0 fully saturated rings. The topological polar surface area (TPSA) is 117 Å². The van der Waals surface area contributed by atoms with Crippen LogP contribution in [-0.2, 0) is 26.0 Å². The van der Waals surface area contributed by atoms with E-state index >= 15 is 0 Å². The van der Waals surface area contributed by atoms with Gasteiger partial charge in [-0.3, -0.25) is 9.78 Å². The molecule has 0 bridgehead atoms. The summed E-state index contributed by atoms with van der Waals surface area (Å²) < 4.78 is 1.84. The maximum Gasteiger partial charge on any atom is 0.142 e. The highest BCUT2D eigenvalue weighted by atomic mass is 32.1. The van der Waals surface area contributed by atoms with Crippen molar-refractivity contribution in [3.8, 4) is 0 Å². The van der Waals surface area contributed by atoms with Crippen LogP contribution in [0, 0.1) is 5.92 Å². The monoisotopic (exact) mass is 432 g/mol. The molecule has 1 aliphatic carbocycles. The normalized spacial score (nSPS) is 16.1. The van der Waals surface area contributed by atoms with E-state index in [1.54, 1.807) is 17.7 Å². The average Bonchev–Trinajstić information content (AvgIpc) is 3.51. The molecule has 0 radical (unpaired) electrons. The molecule has 0 saturated heterocycles. The van der Waals surface area contributed by atoms with Crippen LogP contribution in [0.15, 0.2) is 36.9 Å². The summed E-state index contributed by atoms with van der Waals surface area (Å²) in [6.07, 6.45) is 8.33. The summed E-state index contributed by atoms with van der Waals surface area (Å²) in [6, 6.07) is 6.12. The van der Waals surface area contributed by atoms with Gasteiger partial charge in [0.05, 0.1) is 29.9 Å². The van der Waals surface area contributed by atoms with Crippen molar-refractivity contribution in [2.24, 2.45) is 5.92 Å². The van der Waals surface area contributed by atoms with E-state index in [-0.39, 0.29) is 6.61 Å². The molecule has 5 aromatic rings. The quantitative estimate of drug-likeness (QED) is 0.390. The number of nitrogens with one attached hydrogen (secondary N) is 2. The lowest BCUT2D eigenvalue weighted by atomic mass is 9.88. The molecule has 4 aromatic heterocycles. The molecule has 1 atom stereocenters. The fraction of sp³-hybridized carbons (Fsp3) is 0.286. The number of rotatable bonds is 5.